The Hall–Kier alpha value is -7.95. The summed E-state index contributed by atoms with van der Waals surface area (Å²) in [6, 6.07) is 73.4. The first-order chi connectivity index (χ1) is 29.3. The van der Waals surface area contributed by atoms with Crippen molar-refractivity contribution >= 4 is 64.9 Å². The smallest absolute Gasteiger partial charge is 0.164 e. The first-order valence-corrected chi connectivity index (χ1v) is 20.0. The minimum Gasteiger partial charge on any atom is -0.308 e. The highest BCUT2D eigenvalue weighted by Gasteiger charge is 2.24. The number of nitrogens with zero attached hydrogens (tertiary/aromatic N) is 4. The van der Waals surface area contributed by atoms with Crippen molar-refractivity contribution < 1.29 is 0 Å². The van der Waals surface area contributed by atoms with Crippen LogP contribution in [-0.2, 0) is 0 Å². The van der Waals surface area contributed by atoms with Crippen LogP contribution in [0.1, 0.15) is 0 Å². The molecule has 4 heteroatoms. The van der Waals surface area contributed by atoms with Crippen LogP contribution >= 0.6 is 0 Å². The lowest BCUT2D eigenvalue weighted by atomic mass is 9.90. The van der Waals surface area contributed by atoms with E-state index in [9.17, 15) is 0 Å². The largest absolute Gasteiger partial charge is 0.308 e. The van der Waals surface area contributed by atoms with Gasteiger partial charge in [0.05, 0.1) is 11.0 Å². The van der Waals surface area contributed by atoms with E-state index in [0.29, 0.717) is 17.5 Å². The van der Waals surface area contributed by atoms with Gasteiger partial charge in [0.2, 0.25) is 0 Å². The zero-order chi connectivity index (χ0) is 38.9. The Morgan fingerprint density at radius 2 is 0.797 bits per heavy atom. The van der Waals surface area contributed by atoms with E-state index in [4.69, 9.17) is 15.0 Å². The van der Waals surface area contributed by atoms with E-state index >= 15 is 0 Å². The Balaban J connectivity index is 1.22. The molecule has 0 aliphatic heterocycles. The lowest BCUT2D eigenvalue weighted by molar-refractivity contribution is 1.08. The van der Waals surface area contributed by atoms with Crippen molar-refractivity contribution in [1.82, 2.24) is 19.5 Å². The van der Waals surface area contributed by atoms with E-state index in [-0.39, 0.29) is 0 Å². The Labute approximate surface area is 340 Å². The highest BCUT2D eigenvalue weighted by Crippen LogP contribution is 2.48. The molecular weight excluding hydrogens is 717 g/mol. The van der Waals surface area contributed by atoms with E-state index in [1.54, 1.807) is 0 Å². The van der Waals surface area contributed by atoms with Crippen molar-refractivity contribution in [2.75, 3.05) is 0 Å². The zero-order valence-electron chi connectivity index (χ0n) is 31.9. The van der Waals surface area contributed by atoms with Gasteiger partial charge >= 0.3 is 0 Å². The van der Waals surface area contributed by atoms with E-state index < -0.39 is 0 Å². The Kier molecular flexibility index (Phi) is 7.50. The maximum Gasteiger partial charge on any atom is 0.164 e. The summed E-state index contributed by atoms with van der Waals surface area (Å²) >= 11 is 0. The maximum absolute atomic E-state index is 5.23. The predicted molar refractivity (Wildman–Crippen MR) is 246 cm³/mol. The molecular formula is C55H34N4. The number of fused-ring (bicyclic) bond motifs is 12. The quantitative estimate of drug-likeness (QED) is 0.165. The number of aromatic nitrogens is 4. The van der Waals surface area contributed by atoms with Crippen molar-refractivity contribution in [3.8, 4) is 51.0 Å². The third-order valence-electron chi connectivity index (χ3n) is 11.8. The molecule has 0 fully saturated rings. The molecule has 0 aliphatic rings. The molecule has 0 radical (unpaired) electrons. The third-order valence-corrected chi connectivity index (χ3v) is 11.8. The van der Waals surface area contributed by atoms with Crippen LogP contribution in [0.3, 0.4) is 0 Å². The molecule has 4 nitrogen and oxygen atoms in total. The molecule has 12 rings (SSSR count). The fourth-order valence-electron chi connectivity index (χ4n) is 9.14. The standard InChI is InChI=1S/C55H34N4/c1-4-16-35(17-5-1)36-28-31-40(32-29-36)59-51-41-23-11-10-18-37(41)30-33-46(51)50-49-44-26-14-12-24-42(44)48(34-47(49)43-25-13-15-27-45(43)52(50)59)55-57-53(38-19-6-2-7-20-38)56-54(58-55)39-21-8-3-9-22-39/h1-34H. The Morgan fingerprint density at radius 1 is 0.288 bits per heavy atom. The summed E-state index contributed by atoms with van der Waals surface area (Å²) in [5, 5.41) is 11.9. The van der Waals surface area contributed by atoms with Gasteiger partial charge in [-0.15, -0.1) is 0 Å². The molecule has 0 saturated carbocycles. The highest BCUT2D eigenvalue weighted by molar-refractivity contribution is 6.39. The van der Waals surface area contributed by atoms with Crippen LogP contribution < -0.4 is 0 Å². The normalized spacial score (nSPS) is 11.7. The lowest BCUT2D eigenvalue weighted by Gasteiger charge is -2.16. The van der Waals surface area contributed by atoms with Crippen LogP contribution in [0.2, 0.25) is 0 Å². The summed E-state index contributed by atoms with van der Waals surface area (Å²) in [7, 11) is 0. The molecule has 0 saturated heterocycles. The predicted octanol–water partition coefficient (Wildman–Crippen LogP) is 14.2. The van der Waals surface area contributed by atoms with Crippen LogP contribution in [-0.4, -0.2) is 19.5 Å². The van der Waals surface area contributed by atoms with E-state index in [1.165, 1.54) is 59.9 Å². The SMILES string of the molecule is c1ccc(-c2ccc(-n3c4c5ccccc5ccc4c4c5c6ccccc6c(-c6nc(-c7ccccc7)nc(-c7ccccc7)n6)cc5c5ccccc5c43)cc2)cc1. The molecule has 0 bridgehead atoms. The Morgan fingerprint density at radius 3 is 1.46 bits per heavy atom. The molecule has 0 unspecified atom stereocenters. The van der Waals surface area contributed by atoms with Crippen LogP contribution in [0.15, 0.2) is 206 Å². The van der Waals surface area contributed by atoms with Crippen LogP contribution in [0.4, 0.5) is 0 Å². The number of benzene rings is 10. The van der Waals surface area contributed by atoms with Gasteiger partial charge in [-0.1, -0.05) is 188 Å². The second-order valence-electron chi connectivity index (χ2n) is 15.1. The van der Waals surface area contributed by atoms with Gasteiger partial charge in [-0.2, -0.15) is 0 Å². The second-order valence-corrected chi connectivity index (χ2v) is 15.1. The summed E-state index contributed by atoms with van der Waals surface area (Å²) in [6.07, 6.45) is 0. The Bertz CT molecular complexity index is 3520. The van der Waals surface area contributed by atoms with Crippen molar-refractivity contribution in [3.05, 3.63) is 206 Å². The molecule has 0 aliphatic carbocycles. The van der Waals surface area contributed by atoms with Crippen LogP contribution in [0.5, 0.6) is 0 Å². The van der Waals surface area contributed by atoms with Gasteiger partial charge in [-0.05, 0) is 56.3 Å². The molecule has 12 aromatic rings. The van der Waals surface area contributed by atoms with Gasteiger partial charge in [-0.3, -0.25) is 0 Å². The number of hydrogen-bond donors (Lipinski definition) is 0. The van der Waals surface area contributed by atoms with E-state index in [1.807, 2.05) is 36.4 Å². The van der Waals surface area contributed by atoms with Crippen molar-refractivity contribution in [1.29, 1.82) is 0 Å². The minimum atomic E-state index is 0.645. The number of rotatable bonds is 5. The van der Waals surface area contributed by atoms with Crippen LogP contribution in [0, 0.1) is 0 Å². The molecule has 0 amide bonds. The summed E-state index contributed by atoms with van der Waals surface area (Å²) in [5.74, 6) is 1.94. The first-order valence-electron chi connectivity index (χ1n) is 20.0. The molecule has 0 spiro atoms. The molecule has 10 aromatic carbocycles. The lowest BCUT2D eigenvalue weighted by Crippen LogP contribution is -2.01. The monoisotopic (exact) mass is 750 g/mol. The number of hydrogen-bond acceptors (Lipinski definition) is 3. The van der Waals surface area contributed by atoms with E-state index in [0.717, 1.165) is 38.5 Å². The molecule has 2 aromatic heterocycles. The van der Waals surface area contributed by atoms with Crippen LogP contribution in [0.25, 0.3) is 116 Å². The van der Waals surface area contributed by atoms with Gasteiger partial charge in [-0.25, -0.2) is 15.0 Å². The van der Waals surface area contributed by atoms with Gasteiger partial charge in [0.1, 0.15) is 0 Å². The average molecular weight is 751 g/mol. The van der Waals surface area contributed by atoms with E-state index in [2.05, 4.69) is 174 Å². The summed E-state index contributed by atoms with van der Waals surface area (Å²) in [4.78, 5) is 15.5. The van der Waals surface area contributed by atoms with Gasteiger partial charge in [0, 0.05) is 49.3 Å². The molecule has 0 atom stereocenters. The van der Waals surface area contributed by atoms with Gasteiger partial charge in [0.15, 0.2) is 17.5 Å². The summed E-state index contributed by atoms with van der Waals surface area (Å²) in [5.41, 5.74) is 8.79. The molecule has 59 heavy (non-hydrogen) atoms. The average Bonchev–Trinajstić information content (AvgIpc) is 3.68. The minimum absolute atomic E-state index is 0.645. The zero-order valence-corrected chi connectivity index (χ0v) is 31.9. The van der Waals surface area contributed by atoms with Gasteiger partial charge in [0.25, 0.3) is 0 Å². The summed E-state index contributed by atoms with van der Waals surface area (Å²) < 4.78 is 2.51. The second kappa shape index (κ2) is 13.3. The van der Waals surface area contributed by atoms with Gasteiger partial charge < -0.3 is 4.57 Å². The van der Waals surface area contributed by atoms with Crippen molar-refractivity contribution in [2.45, 2.75) is 0 Å². The fraction of sp³-hybridized carbons (Fsp3) is 0. The highest BCUT2D eigenvalue weighted by atomic mass is 15.0. The molecule has 0 N–H and O–H groups in total. The topological polar surface area (TPSA) is 43.6 Å². The maximum atomic E-state index is 5.23. The fourth-order valence-corrected chi connectivity index (χ4v) is 9.14. The molecule has 274 valence electrons. The molecule has 2 heterocycles. The third kappa shape index (κ3) is 5.27. The first kappa shape index (κ1) is 33.2. The summed E-state index contributed by atoms with van der Waals surface area (Å²) in [6.45, 7) is 0. The van der Waals surface area contributed by atoms with Crippen molar-refractivity contribution in [3.63, 3.8) is 0 Å². The van der Waals surface area contributed by atoms with Crippen molar-refractivity contribution in [2.24, 2.45) is 0 Å².